The van der Waals surface area contributed by atoms with Gasteiger partial charge in [-0.15, -0.1) is 0 Å². The average Bonchev–Trinajstić information content (AvgIpc) is 2.15. The van der Waals surface area contributed by atoms with Gasteiger partial charge in [-0.25, -0.2) is 4.98 Å². The van der Waals surface area contributed by atoms with Gasteiger partial charge in [-0.3, -0.25) is 0 Å². The first kappa shape index (κ1) is 11.2. The second-order valence-electron chi connectivity index (χ2n) is 3.57. The minimum atomic E-state index is 0.311. The van der Waals surface area contributed by atoms with E-state index in [-0.39, 0.29) is 0 Å². The van der Waals surface area contributed by atoms with Crippen molar-refractivity contribution in [2.75, 3.05) is 12.0 Å². The van der Waals surface area contributed by atoms with Crippen LogP contribution < -0.4 is 5.73 Å². The summed E-state index contributed by atoms with van der Waals surface area (Å²) in [6.07, 6.45) is 1.93. The molecule has 0 fully saturated rings. The Hall–Kier alpha value is -0.840. The van der Waals surface area contributed by atoms with Crippen LogP contribution in [-0.4, -0.2) is 21.2 Å². The number of hydrogen-bond acceptors (Lipinski definition) is 5. The molecule has 0 saturated heterocycles. The lowest BCUT2D eigenvalue weighted by Crippen LogP contribution is -2.11. The van der Waals surface area contributed by atoms with Crippen LogP contribution in [0.2, 0.25) is 0 Å². The minimum Gasteiger partial charge on any atom is -0.368 e. The van der Waals surface area contributed by atoms with Crippen molar-refractivity contribution in [1.29, 1.82) is 0 Å². The third kappa shape index (κ3) is 2.57. The molecule has 5 heteroatoms. The first-order chi connectivity index (χ1) is 6.54. The maximum Gasteiger partial charge on any atom is 0.224 e. The lowest BCUT2D eigenvalue weighted by atomic mass is 9.97. The van der Waals surface area contributed by atoms with E-state index in [4.69, 9.17) is 5.73 Å². The van der Waals surface area contributed by atoms with Crippen molar-refractivity contribution in [1.82, 2.24) is 15.0 Å². The highest BCUT2D eigenvalue weighted by atomic mass is 32.2. The maximum atomic E-state index is 5.60. The second kappa shape index (κ2) is 4.59. The van der Waals surface area contributed by atoms with Crippen LogP contribution in [0.5, 0.6) is 0 Å². The van der Waals surface area contributed by atoms with E-state index in [1.54, 1.807) is 0 Å². The van der Waals surface area contributed by atoms with E-state index >= 15 is 0 Å². The normalized spacial score (nSPS) is 13.2. The summed E-state index contributed by atoms with van der Waals surface area (Å²) >= 11 is 1.48. The molecule has 4 nitrogen and oxygen atoms in total. The quantitative estimate of drug-likeness (QED) is 0.776. The molecule has 1 unspecified atom stereocenters. The standard InChI is InChI=1S/C9H16N4S/c1-5(2)6(3)7-11-8(10)13-9(12-7)14-4/h5-6H,1-4H3,(H2,10,11,12,13). The fourth-order valence-corrected chi connectivity index (χ4v) is 1.35. The largest absolute Gasteiger partial charge is 0.368 e. The van der Waals surface area contributed by atoms with Gasteiger partial charge in [0.1, 0.15) is 5.82 Å². The van der Waals surface area contributed by atoms with Crippen LogP contribution in [0.4, 0.5) is 5.95 Å². The summed E-state index contributed by atoms with van der Waals surface area (Å²) in [5.41, 5.74) is 5.60. The Bertz CT molecular complexity index is 314. The van der Waals surface area contributed by atoms with Crippen molar-refractivity contribution < 1.29 is 0 Å². The van der Waals surface area contributed by atoms with Crippen LogP contribution in [-0.2, 0) is 0 Å². The number of rotatable bonds is 3. The highest BCUT2D eigenvalue weighted by Gasteiger charge is 2.14. The van der Waals surface area contributed by atoms with Crippen molar-refractivity contribution in [3.63, 3.8) is 0 Å². The maximum absolute atomic E-state index is 5.60. The molecule has 1 heterocycles. The van der Waals surface area contributed by atoms with Crippen LogP contribution >= 0.6 is 11.8 Å². The molecule has 1 rings (SSSR count). The molecule has 0 amide bonds. The summed E-state index contributed by atoms with van der Waals surface area (Å²) in [4.78, 5) is 12.5. The van der Waals surface area contributed by atoms with Crippen molar-refractivity contribution in [2.24, 2.45) is 5.92 Å². The fourth-order valence-electron chi connectivity index (χ4n) is 0.981. The van der Waals surface area contributed by atoms with Gasteiger partial charge in [0.2, 0.25) is 5.95 Å². The summed E-state index contributed by atoms with van der Waals surface area (Å²) in [6.45, 7) is 6.39. The lowest BCUT2D eigenvalue weighted by Gasteiger charge is -2.14. The van der Waals surface area contributed by atoms with E-state index in [1.165, 1.54) is 11.8 Å². The van der Waals surface area contributed by atoms with E-state index in [9.17, 15) is 0 Å². The molecule has 1 atom stereocenters. The number of aromatic nitrogens is 3. The zero-order valence-electron chi connectivity index (χ0n) is 8.98. The van der Waals surface area contributed by atoms with Crippen LogP contribution in [0.15, 0.2) is 5.16 Å². The molecular formula is C9H16N4S. The number of nitrogens with two attached hydrogens (primary N) is 1. The Labute approximate surface area is 88.7 Å². The van der Waals surface area contributed by atoms with Gasteiger partial charge in [0, 0.05) is 5.92 Å². The van der Waals surface area contributed by atoms with Crippen LogP contribution in [0.1, 0.15) is 32.5 Å². The van der Waals surface area contributed by atoms with E-state index < -0.39 is 0 Å². The van der Waals surface area contributed by atoms with E-state index in [0.717, 1.165) is 5.82 Å². The Morgan fingerprint density at radius 1 is 1.14 bits per heavy atom. The number of anilines is 1. The van der Waals surface area contributed by atoms with Gasteiger partial charge in [-0.05, 0) is 12.2 Å². The molecule has 0 spiro atoms. The topological polar surface area (TPSA) is 64.7 Å². The smallest absolute Gasteiger partial charge is 0.224 e. The number of thioether (sulfide) groups is 1. The SMILES string of the molecule is CSc1nc(N)nc(C(C)C(C)C)n1. The molecule has 0 aliphatic carbocycles. The Kier molecular flexibility index (Phi) is 3.69. The monoisotopic (exact) mass is 212 g/mol. The molecule has 14 heavy (non-hydrogen) atoms. The molecule has 78 valence electrons. The Balaban J connectivity index is 3.02. The third-order valence-corrected chi connectivity index (χ3v) is 2.79. The molecule has 1 aromatic rings. The van der Waals surface area contributed by atoms with Gasteiger partial charge < -0.3 is 5.73 Å². The first-order valence-electron chi connectivity index (χ1n) is 4.60. The van der Waals surface area contributed by atoms with E-state index in [2.05, 4.69) is 35.7 Å². The van der Waals surface area contributed by atoms with Crippen molar-refractivity contribution >= 4 is 17.7 Å². The molecule has 0 saturated carbocycles. The highest BCUT2D eigenvalue weighted by molar-refractivity contribution is 7.98. The Morgan fingerprint density at radius 3 is 2.29 bits per heavy atom. The summed E-state index contributed by atoms with van der Waals surface area (Å²) in [5.74, 6) is 1.92. The molecular weight excluding hydrogens is 196 g/mol. The van der Waals surface area contributed by atoms with Gasteiger partial charge in [0.15, 0.2) is 5.16 Å². The number of nitrogens with zero attached hydrogens (tertiary/aromatic N) is 3. The molecule has 0 aliphatic heterocycles. The third-order valence-electron chi connectivity index (χ3n) is 2.24. The highest BCUT2D eigenvalue weighted by Crippen LogP contribution is 2.22. The van der Waals surface area contributed by atoms with Gasteiger partial charge in [-0.2, -0.15) is 9.97 Å². The Morgan fingerprint density at radius 2 is 1.79 bits per heavy atom. The number of hydrogen-bond donors (Lipinski definition) is 1. The van der Waals surface area contributed by atoms with Gasteiger partial charge >= 0.3 is 0 Å². The zero-order chi connectivity index (χ0) is 10.7. The summed E-state index contributed by atoms with van der Waals surface area (Å²) in [7, 11) is 0. The van der Waals surface area contributed by atoms with Gasteiger partial charge in [-0.1, -0.05) is 32.5 Å². The predicted octanol–water partition coefficient (Wildman–Crippen LogP) is 1.94. The van der Waals surface area contributed by atoms with Crippen molar-refractivity contribution in [2.45, 2.75) is 31.8 Å². The summed E-state index contributed by atoms with van der Waals surface area (Å²) < 4.78 is 0. The summed E-state index contributed by atoms with van der Waals surface area (Å²) in [5, 5.41) is 0.694. The molecule has 0 aromatic carbocycles. The second-order valence-corrected chi connectivity index (χ2v) is 4.34. The zero-order valence-corrected chi connectivity index (χ0v) is 9.80. The summed E-state index contributed by atoms with van der Waals surface area (Å²) in [6, 6.07) is 0. The van der Waals surface area contributed by atoms with Gasteiger partial charge in [0.25, 0.3) is 0 Å². The van der Waals surface area contributed by atoms with Crippen LogP contribution in [0, 0.1) is 5.92 Å². The fraction of sp³-hybridized carbons (Fsp3) is 0.667. The van der Waals surface area contributed by atoms with E-state index in [1.807, 2.05) is 6.26 Å². The minimum absolute atomic E-state index is 0.311. The van der Waals surface area contributed by atoms with Crippen LogP contribution in [0.25, 0.3) is 0 Å². The molecule has 1 aromatic heterocycles. The molecule has 0 aliphatic rings. The van der Waals surface area contributed by atoms with Crippen molar-refractivity contribution in [3.05, 3.63) is 5.82 Å². The van der Waals surface area contributed by atoms with Crippen LogP contribution in [0.3, 0.4) is 0 Å². The molecule has 2 N–H and O–H groups in total. The first-order valence-corrected chi connectivity index (χ1v) is 5.82. The molecule has 0 bridgehead atoms. The predicted molar refractivity (Wildman–Crippen MR) is 59.3 cm³/mol. The molecule has 0 radical (unpaired) electrons. The van der Waals surface area contributed by atoms with Crippen molar-refractivity contribution in [3.8, 4) is 0 Å². The lowest BCUT2D eigenvalue weighted by molar-refractivity contribution is 0.504. The number of nitrogen functional groups attached to an aromatic ring is 1. The van der Waals surface area contributed by atoms with E-state index in [0.29, 0.717) is 22.9 Å². The average molecular weight is 212 g/mol. The van der Waals surface area contributed by atoms with Gasteiger partial charge in [0.05, 0.1) is 0 Å².